The largest absolute Gasteiger partial charge is 0.507 e. The summed E-state index contributed by atoms with van der Waals surface area (Å²) in [6.07, 6.45) is 1.33. The Bertz CT molecular complexity index is 899. The monoisotopic (exact) mass is 426 g/mol. The minimum absolute atomic E-state index is 0.0423. The standard InChI is InChI=1S/C16H9BrCl2N2O3/c17-9-1-4-14(22)8(5-9)6-11-15(23)20-21(16(11)24)10-2-3-12(18)13(19)7-10/h1-7,22H,(H,20,23)/b11-6-. The Balaban J connectivity index is 1.98. The highest BCUT2D eigenvalue weighted by molar-refractivity contribution is 9.10. The minimum Gasteiger partial charge on any atom is -0.507 e. The predicted molar refractivity (Wildman–Crippen MR) is 95.9 cm³/mol. The van der Waals surface area contributed by atoms with Gasteiger partial charge in [-0.05, 0) is 42.5 Å². The van der Waals surface area contributed by atoms with Crippen molar-refractivity contribution in [3.05, 3.63) is 62.1 Å². The van der Waals surface area contributed by atoms with E-state index < -0.39 is 11.8 Å². The van der Waals surface area contributed by atoms with Crippen molar-refractivity contribution in [1.29, 1.82) is 0 Å². The second-order valence-electron chi connectivity index (χ2n) is 4.94. The number of carbonyl (C=O) groups is 2. The Kier molecular flexibility index (Phi) is 4.54. The zero-order valence-electron chi connectivity index (χ0n) is 11.9. The maximum absolute atomic E-state index is 12.5. The summed E-state index contributed by atoms with van der Waals surface area (Å²) in [5.41, 5.74) is 3.08. The van der Waals surface area contributed by atoms with E-state index in [0.29, 0.717) is 20.7 Å². The second-order valence-corrected chi connectivity index (χ2v) is 6.67. The van der Waals surface area contributed by atoms with Crippen LogP contribution >= 0.6 is 39.1 Å². The van der Waals surface area contributed by atoms with Crippen LogP contribution in [-0.2, 0) is 9.59 Å². The first-order valence-electron chi connectivity index (χ1n) is 6.67. The van der Waals surface area contributed by atoms with Crippen LogP contribution in [0.15, 0.2) is 46.4 Å². The highest BCUT2D eigenvalue weighted by atomic mass is 79.9. The number of phenols is 1. The van der Waals surface area contributed by atoms with Gasteiger partial charge in [-0.1, -0.05) is 39.1 Å². The van der Waals surface area contributed by atoms with Crippen molar-refractivity contribution in [1.82, 2.24) is 5.43 Å². The molecule has 5 nitrogen and oxygen atoms in total. The van der Waals surface area contributed by atoms with Crippen LogP contribution < -0.4 is 10.4 Å². The Morgan fingerprint density at radius 1 is 1.08 bits per heavy atom. The molecule has 0 spiro atoms. The number of anilines is 1. The minimum atomic E-state index is -0.578. The molecule has 2 aromatic rings. The van der Waals surface area contributed by atoms with Gasteiger partial charge in [0.1, 0.15) is 11.3 Å². The summed E-state index contributed by atoms with van der Waals surface area (Å²) in [7, 11) is 0. The maximum Gasteiger partial charge on any atom is 0.282 e. The molecular formula is C16H9BrCl2N2O3. The number of phenolic OH excluding ortho intramolecular Hbond substituents is 1. The van der Waals surface area contributed by atoms with E-state index >= 15 is 0 Å². The van der Waals surface area contributed by atoms with Gasteiger partial charge in [0.15, 0.2) is 0 Å². The molecule has 2 amide bonds. The second kappa shape index (κ2) is 6.47. The lowest BCUT2D eigenvalue weighted by atomic mass is 10.1. The zero-order valence-corrected chi connectivity index (χ0v) is 15.0. The summed E-state index contributed by atoms with van der Waals surface area (Å²) in [5.74, 6) is -1.18. The third-order valence-electron chi connectivity index (χ3n) is 3.34. The number of hydrogen-bond acceptors (Lipinski definition) is 3. The molecule has 1 saturated heterocycles. The molecule has 1 fully saturated rings. The summed E-state index contributed by atoms with van der Waals surface area (Å²) in [4.78, 5) is 24.6. The van der Waals surface area contributed by atoms with E-state index in [1.54, 1.807) is 18.2 Å². The van der Waals surface area contributed by atoms with Crippen molar-refractivity contribution in [2.45, 2.75) is 0 Å². The summed E-state index contributed by atoms with van der Waals surface area (Å²) in [6, 6.07) is 9.28. The van der Waals surface area contributed by atoms with Gasteiger partial charge in [0.05, 0.1) is 15.7 Å². The molecule has 3 rings (SSSR count). The van der Waals surface area contributed by atoms with E-state index in [4.69, 9.17) is 23.2 Å². The first-order valence-corrected chi connectivity index (χ1v) is 8.22. The van der Waals surface area contributed by atoms with Gasteiger partial charge < -0.3 is 5.11 Å². The van der Waals surface area contributed by atoms with Gasteiger partial charge in [-0.2, -0.15) is 0 Å². The van der Waals surface area contributed by atoms with Crippen LogP contribution in [0, 0.1) is 0 Å². The van der Waals surface area contributed by atoms with Crippen molar-refractivity contribution < 1.29 is 14.7 Å². The molecule has 0 bridgehead atoms. The summed E-state index contributed by atoms with van der Waals surface area (Å²) >= 11 is 15.1. The van der Waals surface area contributed by atoms with Gasteiger partial charge in [-0.25, -0.2) is 5.01 Å². The molecule has 1 heterocycles. The number of benzene rings is 2. The van der Waals surface area contributed by atoms with Crippen LogP contribution in [0.2, 0.25) is 10.0 Å². The topological polar surface area (TPSA) is 69.6 Å². The number of hydrogen-bond donors (Lipinski definition) is 2. The van der Waals surface area contributed by atoms with Crippen LogP contribution in [0.4, 0.5) is 5.69 Å². The van der Waals surface area contributed by atoms with E-state index in [2.05, 4.69) is 21.4 Å². The molecule has 8 heteroatoms. The van der Waals surface area contributed by atoms with Crippen molar-refractivity contribution in [2.24, 2.45) is 0 Å². The number of amides is 2. The van der Waals surface area contributed by atoms with Crippen LogP contribution in [0.5, 0.6) is 5.75 Å². The number of aromatic hydroxyl groups is 1. The SMILES string of the molecule is O=C1NN(c2ccc(Cl)c(Cl)c2)C(=O)/C1=C\c1cc(Br)ccc1O. The van der Waals surface area contributed by atoms with E-state index in [-0.39, 0.29) is 16.3 Å². The van der Waals surface area contributed by atoms with E-state index in [9.17, 15) is 14.7 Å². The number of rotatable bonds is 2. The van der Waals surface area contributed by atoms with Crippen molar-refractivity contribution >= 4 is 62.7 Å². The van der Waals surface area contributed by atoms with E-state index in [1.165, 1.54) is 24.3 Å². The fraction of sp³-hybridized carbons (Fsp3) is 0. The molecular weight excluding hydrogens is 419 g/mol. The molecule has 1 aliphatic rings. The fourth-order valence-corrected chi connectivity index (χ4v) is 2.83. The highest BCUT2D eigenvalue weighted by Gasteiger charge is 2.34. The average molecular weight is 428 g/mol. The van der Waals surface area contributed by atoms with Gasteiger partial charge in [-0.3, -0.25) is 15.0 Å². The number of nitrogens with one attached hydrogen (secondary N) is 1. The summed E-state index contributed by atoms with van der Waals surface area (Å²) < 4.78 is 0.708. The molecule has 122 valence electrons. The molecule has 0 saturated carbocycles. The van der Waals surface area contributed by atoms with Gasteiger partial charge >= 0.3 is 0 Å². The predicted octanol–water partition coefficient (Wildman–Crippen LogP) is 3.92. The molecule has 24 heavy (non-hydrogen) atoms. The molecule has 2 aromatic carbocycles. The molecule has 0 aliphatic carbocycles. The Morgan fingerprint density at radius 2 is 1.83 bits per heavy atom. The molecule has 2 N–H and O–H groups in total. The zero-order chi connectivity index (χ0) is 17.4. The van der Waals surface area contributed by atoms with E-state index in [1.807, 2.05) is 0 Å². The smallest absolute Gasteiger partial charge is 0.282 e. The van der Waals surface area contributed by atoms with E-state index in [0.717, 1.165) is 5.01 Å². The number of carbonyl (C=O) groups excluding carboxylic acids is 2. The molecule has 0 aromatic heterocycles. The maximum atomic E-state index is 12.5. The number of hydrazine groups is 1. The third kappa shape index (κ3) is 3.13. The first-order chi connectivity index (χ1) is 11.4. The fourth-order valence-electron chi connectivity index (χ4n) is 2.16. The first kappa shape index (κ1) is 16.8. The molecule has 1 aliphatic heterocycles. The molecule has 0 radical (unpaired) electrons. The lowest BCUT2D eigenvalue weighted by Crippen LogP contribution is -2.35. The van der Waals surface area contributed by atoms with Crippen LogP contribution in [0.25, 0.3) is 6.08 Å². The summed E-state index contributed by atoms with van der Waals surface area (Å²) in [6.45, 7) is 0. The van der Waals surface area contributed by atoms with Crippen LogP contribution in [0.1, 0.15) is 5.56 Å². The van der Waals surface area contributed by atoms with Gasteiger partial charge in [0, 0.05) is 10.0 Å². The average Bonchev–Trinajstić information content (AvgIpc) is 2.81. The van der Waals surface area contributed by atoms with Crippen molar-refractivity contribution in [3.8, 4) is 5.75 Å². The van der Waals surface area contributed by atoms with Crippen LogP contribution in [-0.4, -0.2) is 16.9 Å². The normalized spacial score (nSPS) is 16.0. The Morgan fingerprint density at radius 3 is 2.54 bits per heavy atom. The van der Waals surface area contributed by atoms with Crippen LogP contribution in [0.3, 0.4) is 0 Å². The Labute approximate surface area is 155 Å². The lowest BCUT2D eigenvalue weighted by Gasteiger charge is -2.15. The quantitative estimate of drug-likeness (QED) is 0.563. The number of nitrogens with zero attached hydrogens (tertiary/aromatic N) is 1. The van der Waals surface area contributed by atoms with Gasteiger partial charge in [-0.15, -0.1) is 0 Å². The Hall–Kier alpha value is -2.02. The highest BCUT2D eigenvalue weighted by Crippen LogP contribution is 2.30. The summed E-state index contributed by atoms with van der Waals surface area (Å²) in [5, 5.41) is 11.5. The third-order valence-corrected chi connectivity index (χ3v) is 4.57. The van der Waals surface area contributed by atoms with Crippen molar-refractivity contribution in [2.75, 3.05) is 5.01 Å². The van der Waals surface area contributed by atoms with Crippen molar-refractivity contribution in [3.63, 3.8) is 0 Å². The molecule has 0 atom stereocenters. The molecule has 0 unspecified atom stereocenters. The lowest BCUT2D eigenvalue weighted by molar-refractivity contribution is -0.117. The van der Waals surface area contributed by atoms with Gasteiger partial charge in [0.25, 0.3) is 11.8 Å². The number of halogens is 3. The van der Waals surface area contributed by atoms with Gasteiger partial charge in [0.2, 0.25) is 0 Å².